The van der Waals surface area contributed by atoms with Gasteiger partial charge in [0.25, 0.3) is 0 Å². The van der Waals surface area contributed by atoms with Crippen molar-refractivity contribution < 1.29 is 9.59 Å². The van der Waals surface area contributed by atoms with Crippen molar-refractivity contribution >= 4 is 29.0 Å². The van der Waals surface area contributed by atoms with E-state index in [0.29, 0.717) is 25.8 Å². The molecular formula is C14H19N3O2S. The van der Waals surface area contributed by atoms with Crippen LogP contribution < -0.4 is 16.8 Å². The van der Waals surface area contributed by atoms with Gasteiger partial charge in [0.15, 0.2) is 0 Å². The van der Waals surface area contributed by atoms with Crippen LogP contribution in [0.1, 0.15) is 30.7 Å². The SMILES string of the molecule is NC(=O)CCCCNC(=O)C(C(N)=S)c1ccccc1. The van der Waals surface area contributed by atoms with Gasteiger partial charge in [0.1, 0.15) is 5.92 Å². The lowest BCUT2D eigenvalue weighted by molar-refractivity contribution is -0.121. The summed E-state index contributed by atoms with van der Waals surface area (Å²) in [5.74, 6) is -1.17. The Labute approximate surface area is 123 Å². The first-order chi connectivity index (χ1) is 9.52. The number of nitrogens with two attached hydrogens (primary N) is 2. The predicted molar refractivity (Wildman–Crippen MR) is 82.0 cm³/mol. The fourth-order valence-electron chi connectivity index (χ4n) is 1.83. The number of carbonyl (C=O) groups excluding carboxylic acids is 2. The van der Waals surface area contributed by atoms with Crippen molar-refractivity contribution in [1.82, 2.24) is 5.32 Å². The second-order valence-corrected chi connectivity index (χ2v) is 4.93. The van der Waals surface area contributed by atoms with Crippen molar-refractivity contribution in [1.29, 1.82) is 0 Å². The predicted octanol–water partition coefficient (Wildman–Crippen LogP) is 0.828. The molecule has 0 radical (unpaired) electrons. The monoisotopic (exact) mass is 293 g/mol. The fraction of sp³-hybridized carbons (Fsp3) is 0.357. The maximum atomic E-state index is 12.1. The summed E-state index contributed by atoms with van der Waals surface area (Å²) in [4.78, 5) is 22.8. The van der Waals surface area contributed by atoms with Crippen LogP contribution in [0.5, 0.6) is 0 Å². The van der Waals surface area contributed by atoms with E-state index >= 15 is 0 Å². The lowest BCUT2D eigenvalue weighted by Crippen LogP contribution is -2.36. The molecule has 0 aliphatic carbocycles. The summed E-state index contributed by atoms with van der Waals surface area (Å²) in [6.07, 6.45) is 1.67. The van der Waals surface area contributed by atoms with Gasteiger partial charge in [-0.05, 0) is 18.4 Å². The molecule has 0 spiro atoms. The molecule has 0 bridgehead atoms. The quantitative estimate of drug-likeness (QED) is 0.488. The van der Waals surface area contributed by atoms with Gasteiger partial charge in [-0.3, -0.25) is 9.59 Å². The molecule has 5 N–H and O–H groups in total. The Morgan fingerprint density at radius 3 is 2.35 bits per heavy atom. The van der Waals surface area contributed by atoms with Gasteiger partial charge in [0.05, 0.1) is 4.99 Å². The van der Waals surface area contributed by atoms with E-state index < -0.39 is 5.92 Å². The van der Waals surface area contributed by atoms with Crippen LogP contribution in [0.2, 0.25) is 0 Å². The largest absolute Gasteiger partial charge is 0.392 e. The molecule has 0 saturated carbocycles. The first-order valence-electron chi connectivity index (χ1n) is 6.42. The molecule has 1 aromatic rings. The van der Waals surface area contributed by atoms with E-state index in [2.05, 4.69) is 5.32 Å². The number of hydrogen-bond acceptors (Lipinski definition) is 3. The zero-order valence-corrected chi connectivity index (χ0v) is 12.0. The van der Waals surface area contributed by atoms with Crippen LogP contribution in [0.15, 0.2) is 30.3 Å². The zero-order chi connectivity index (χ0) is 15.0. The lowest BCUT2D eigenvalue weighted by Gasteiger charge is -2.15. The molecule has 0 fully saturated rings. The third kappa shape index (κ3) is 5.36. The molecule has 20 heavy (non-hydrogen) atoms. The van der Waals surface area contributed by atoms with Gasteiger partial charge >= 0.3 is 0 Å². The van der Waals surface area contributed by atoms with Gasteiger partial charge in [-0.1, -0.05) is 42.5 Å². The van der Waals surface area contributed by atoms with Gasteiger partial charge < -0.3 is 16.8 Å². The van der Waals surface area contributed by atoms with E-state index in [1.54, 1.807) is 0 Å². The molecule has 0 aliphatic rings. The zero-order valence-electron chi connectivity index (χ0n) is 11.2. The third-order valence-electron chi connectivity index (χ3n) is 2.83. The number of carbonyl (C=O) groups is 2. The van der Waals surface area contributed by atoms with Crippen LogP contribution in [-0.4, -0.2) is 23.3 Å². The maximum Gasteiger partial charge on any atom is 0.234 e. The molecule has 1 aromatic carbocycles. The Morgan fingerprint density at radius 1 is 1.15 bits per heavy atom. The second kappa shape index (κ2) is 8.27. The van der Waals surface area contributed by atoms with Crippen molar-refractivity contribution in [3.63, 3.8) is 0 Å². The second-order valence-electron chi connectivity index (χ2n) is 4.46. The summed E-state index contributed by atoms with van der Waals surface area (Å²) in [7, 11) is 0. The number of nitrogens with one attached hydrogen (secondary N) is 1. The molecule has 1 atom stereocenters. The number of thiocarbonyl (C=S) groups is 1. The topological polar surface area (TPSA) is 98.2 Å². The lowest BCUT2D eigenvalue weighted by atomic mass is 9.98. The summed E-state index contributed by atoms with van der Waals surface area (Å²) in [5, 5.41) is 2.78. The van der Waals surface area contributed by atoms with Crippen LogP contribution in [0.3, 0.4) is 0 Å². The minimum absolute atomic E-state index is 0.144. The Balaban J connectivity index is 2.50. The number of rotatable bonds is 8. The minimum Gasteiger partial charge on any atom is -0.392 e. The van der Waals surface area contributed by atoms with Crippen molar-refractivity contribution in [3.8, 4) is 0 Å². The van der Waals surface area contributed by atoms with Crippen molar-refractivity contribution in [2.45, 2.75) is 25.2 Å². The molecule has 2 amide bonds. The molecule has 0 aromatic heterocycles. The number of benzene rings is 1. The van der Waals surface area contributed by atoms with E-state index in [0.717, 1.165) is 5.56 Å². The van der Waals surface area contributed by atoms with Gasteiger partial charge in [-0.15, -0.1) is 0 Å². The Bertz CT molecular complexity index is 477. The van der Waals surface area contributed by atoms with Crippen LogP contribution in [-0.2, 0) is 9.59 Å². The highest BCUT2D eigenvalue weighted by Crippen LogP contribution is 2.16. The Hall–Kier alpha value is -1.95. The highest BCUT2D eigenvalue weighted by molar-refractivity contribution is 7.80. The van der Waals surface area contributed by atoms with Gasteiger partial charge in [-0.25, -0.2) is 0 Å². The van der Waals surface area contributed by atoms with E-state index in [4.69, 9.17) is 23.7 Å². The molecule has 6 heteroatoms. The molecular weight excluding hydrogens is 274 g/mol. The number of unbranched alkanes of at least 4 members (excludes halogenated alkanes) is 1. The average molecular weight is 293 g/mol. The van der Waals surface area contributed by atoms with Crippen molar-refractivity contribution in [2.24, 2.45) is 11.5 Å². The van der Waals surface area contributed by atoms with Gasteiger partial charge in [-0.2, -0.15) is 0 Å². The van der Waals surface area contributed by atoms with Crippen molar-refractivity contribution in [3.05, 3.63) is 35.9 Å². The fourth-order valence-corrected chi connectivity index (χ4v) is 2.07. The molecule has 1 rings (SSSR count). The summed E-state index contributed by atoms with van der Waals surface area (Å²) in [6, 6.07) is 9.16. The van der Waals surface area contributed by atoms with E-state index in [9.17, 15) is 9.59 Å². The Morgan fingerprint density at radius 2 is 1.80 bits per heavy atom. The standard InChI is InChI=1S/C14H19N3O2S/c15-11(18)8-4-5-9-17-14(19)12(13(16)20)10-6-2-1-3-7-10/h1-3,6-7,12H,4-5,8-9H2,(H2,15,18)(H2,16,20)(H,17,19). The summed E-state index contributed by atoms with van der Waals surface area (Å²) < 4.78 is 0. The third-order valence-corrected chi connectivity index (χ3v) is 3.06. The van der Waals surface area contributed by atoms with Gasteiger partial charge in [0.2, 0.25) is 11.8 Å². The van der Waals surface area contributed by atoms with Gasteiger partial charge in [0, 0.05) is 13.0 Å². The van der Waals surface area contributed by atoms with E-state index in [1.165, 1.54) is 0 Å². The first kappa shape index (κ1) is 16.1. The van der Waals surface area contributed by atoms with Crippen LogP contribution >= 0.6 is 12.2 Å². The molecule has 1 unspecified atom stereocenters. The smallest absolute Gasteiger partial charge is 0.234 e. The molecule has 5 nitrogen and oxygen atoms in total. The van der Waals surface area contributed by atoms with Crippen molar-refractivity contribution in [2.75, 3.05) is 6.54 Å². The molecule has 0 aliphatic heterocycles. The Kier molecular flexibility index (Phi) is 6.66. The van der Waals surface area contributed by atoms with E-state index in [1.807, 2.05) is 30.3 Å². The van der Waals surface area contributed by atoms with Crippen LogP contribution in [0.4, 0.5) is 0 Å². The normalized spacial score (nSPS) is 11.6. The summed E-state index contributed by atoms with van der Waals surface area (Å²) >= 11 is 4.97. The molecule has 0 heterocycles. The maximum absolute atomic E-state index is 12.1. The summed E-state index contributed by atoms with van der Waals surface area (Å²) in [5.41, 5.74) is 11.5. The molecule has 0 saturated heterocycles. The van der Waals surface area contributed by atoms with Crippen LogP contribution in [0, 0.1) is 0 Å². The highest BCUT2D eigenvalue weighted by Gasteiger charge is 2.22. The number of amides is 2. The summed E-state index contributed by atoms with van der Waals surface area (Å²) in [6.45, 7) is 0.470. The molecule has 108 valence electrons. The highest BCUT2D eigenvalue weighted by atomic mass is 32.1. The number of hydrogen-bond donors (Lipinski definition) is 3. The first-order valence-corrected chi connectivity index (χ1v) is 6.83. The number of primary amides is 1. The van der Waals surface area contributed by atoms with E-state index in [-0.39, 0.29) is 16.8 Å². The minimum atomic E-state index is -0.623. The van der Waals surface area contributed by atoms with Crippen LogP contribution in [0.25, 0.3) is 0 Å². The average Bonchev–Trinajstić information content (AvgIpc) is 2.39.